The van der Waals surface area contributed by atoms with E-state index in [1.54, 1.807) is 0 Å². The predicted octanol–water partition coefficient (Wildman–Crippen LogP) is 4.04. The molecule has 1 aliphatic carbocycles. The molecule has 3 aliphatic rings. The summed E-state index contributed by atoms with van der Waals surface area (Å²) in [5, 5.41) is 0. The molecule has 2 heterocycles. The number of rotatable bonds is 5. The monoisotopic (exact) mass is 449 g/mol. The smallest absolute Gasteiger partial charge is 0.325 e. The number of amides is 2. The number of benzene rings is 1. The van der Waals surface area contributed by atoms with E-state index in [0.29, 0.717) is 25.4 Å². The number of anilines is 1. The van der Waals surface area contributed by atoms with Crippen LogP contribution in [0.5, 0.6) is 0 Å². The number of nitrogens with zero attached hydrogens (tertiary/aromatic N) is 3. The number of hydrogen-bond acceptors (Lipinski definition) is 4. The summed E-state index contributed by atoms with van der Waals surface area (Å²) in [6, 6.07) is 7.01. The van der Waals surface area contributed by atoms with Gasteiger partial charge in [-0.3, -0.25) is 9.69 Å². The molecule has 0 spiro atoms. The zero-order valence-electron chi connectivity index (χ0n) is 18.8. The van der Waals surface area contributed by atoms with Crippen molar-refractivity contribution >= 4 is 30.1 Å². The van der Waals surface area contributed by atoms with E-state index in [1.807, 2.05) is 4.90 Å². The summed E-state index contributed by atoms with van der Waals surface area (Å²) in [6.45, 7) is 2.83. The third-order valence-corrected chi connectivity index (χ3v) is 7.14. The van der Waals surface area contributed by atoms with E-state index in [4.69, 9.17) is 4.74 Å². The van der Waals surface area contributed by atoms with Crippen molar-refractivity contribution in [3.05, 3.63) is 29.3 Å². The average Bonchev–Trinajstić information content (AvgIpc) is 2.99. The first kappa shape index (κ1) is 23.9. The quantitative estimate of drug-likeness (QED) is 0.637. The molecule has 1 aromatic carbocycles. The number of methoxy groups -OCH3 is 1. The van der Waals surface area contributed by atoms with Crippen molar-refractivity contribution in [2.24, 2.45) is 0 Å². The molecule has 0 aromatic heterocycles. The van der Waals surface area contributed by atoms with Crippen molar-refractivity contribution in [2.45, 2.75) is 69.9 Å². The lowest BCUT2D eigenvalue weighted by molar-refractivity contribution is -0.140. The van der Waals surface area contributed by atoms with Gasteiger partial charge in [0.2, 0.25) is 0 Å². The molecule has 1 aromatic rings. The molecule has 0 N–H and O–H groups in total. The zero-order valence-corrected chi connectivity index (χ0v) is 19.7. The maximum Gasteiger partial charge on any atom is 0.325 e. The van der Waals surface area contributed by atoms with Crippen LogP contribution in [-0.2, 0) is 22.4 Å². The molecule has 1 saturated heterocycles. The lowest BCUT2D eigenvalue weighted by Crippen LogP contribution is -2.40. The Morgan fingerprint density at radius 3 is 2.52 bits per heavy atom. The molecule has 0 bridgehead atoms. The Bertz CT molecular complexity index is 781. The van der Waals surface area contributed by atoms with Crippen LogP contribution < -0.4 is 4.90 Å². The van der Waals surface area contributed by atoms with Gasteiger partial charge in [0.05, 0.1) is 13.2 Å². The summed E-state index contributed by atoms with van der Waals surface area (Å²) in [5.41, 5.74) is 3.73. The van der Waals surface area contributed by atoms with Gasteiger partial charge in [-0.05, 0) is 62.4 Å². The van der Waals surface area contributed by atoms with Crippen LogP contribution >= 0.6 is 12.4 Å². The van der Waals surface area contributed by atoms with Gasteiger partial charge in [0.25, 0.3) is 0 Å². The number of urea groups is 1. The molecule has 0 radical (unpaired) electrons. The summed E-state index contributed by atoms with van der Waals surface area (Å²) >= 11 is 0. The van der Waals surface area contributed by atoms with Crippen LogP contribution in [0.4, 0.5) is 10.5 Å². The van der Waals surface area contributed by atoms with Crippen molar-refractivity contribution in [1.82, 2.24) is 9.80 Å². The minimum atomic E-state index is -0.205. The highest BCUT2D eigenvalue weighted by atomic mass is 35.5. The van der Waals surface area contributed by atoms with E-state index < -0.39 is 0 Å². The number of ether oxygens (including phenoxy) is 1. The van der Waals surface area contributed by atoms with Gasteiger partial charge in [0, 0.05) is 37.8 Å². The van der Waals surface area contributed by atoms with Crippen molar-refractivity contribution in [3.8, 4) is 0 Å². The first-order chi connectivity index (χ1) is 14.6. The van der Waals surface area contributed by atoms with Crippen molar-refractivity contribution in [3.63, 3.8) is 0 Å². The molecule has 1 unspecified atom stereocenters. The van der Waals surface area contributed by atoms with Gasteiger partial charge < -0.3 is 14.5 Å². The molecule has 1 atom stereocenters. The van der Waals surface area contributed by atoms with E-state index >= 15 is 0 Å². The average molecular weight is 450 g/mol. The Morgan fingerprint density at radius 2 is 1.81 bits per heavy atom. The summed E-state index contributed by atoms with van der Waals surface area (Å²) in [4.78, 5) is 31.8. The van der Waals surface area contributed by atoms with E-state index in [-0.39, 0.29) is 30.4 Å². The second-order valence-corrected chi connectivity index (χ2v) is 9.12. The largest absolute Gasteiger partial charge is 0.469 e. The van der Waals surface area contributed by atoms with E-state index in [9.17, 15) is 9.59 Å². The summed E-state index contributed by atoms with van der Waals surface area (Å²) in [5.74, 6) is -0.205. The fourth-order valence-corrected chi connectivity index (χ4v) is 5.28. The Hall–Kier alpha value is -1.79. The third kappa shape index (κ3) is 5.35. The number of carbonyl (C=O) groups is 2. The van der Waals surface area contributed by atoms with Crippen LogP contribution in [0.25, 0.3) is 0 Å². The SMILES string of the molecule is COC(=O)CCC1CN(C2CCCCC2)C(=O)N1c1ccc2c(c1)CCN(C)CC2.Cl. The van der Waals surface area contributed by atoms with Gasteiger partial charge in [-0.25, -0.2) is 4.79 Å². The molecule has 6 nitrogen and oxygen atoms in total. The molecule has 4 rings (SSSR count). The Kier molecular flexibility index (Phi) is 8.23. The van der Waals surface area contributed by atoms with Crippen molar-refractivity contribution < 1.29 is 14.3 Å². The molecule has 2 fully saturated rings. The number of esters is 1. The summed E-state index contributed by atoms with van der Waals surface area (Å²) in [6.07, 6.45) is 8.93. The highest BCUT2D eigenvalue weighted by molar-refractivity contribution is 5.95. The second-order valence-electron chi connectivity index (χ2n) is 9.12. The van der Waals surface area contributed by atoms with Gasteiger partial charge in [-0.15, -0.1) is 12.4 Å². The first-order valence-corrected chi connectivity index (χ1v) is 11.5. The Labute approximate surface area is 192 Å². The van der Waals surface area contributed by atoms with Crippen LogP contribution in [0.15, 0.2) is 18.2 Å². The lowest BCUT2D eigenvalue weighted by Gasteiger charge is -2.30. The maximum atomic E-state index is 13.5. The number of halogens is 1. The number of fused-ring (bicyclic) bond motifs is 1. The van der Waals surface area contributed by atoms with E-state index in [2.05, 4.69) is 35.0 Å². The summed E-state index contributed by atoms with van der Waals surface area (Å²) in [7, 11) is 3.60. The van der Waals surface area contributed by atoms with Gasteiger partial charge in [0.15, 0.2) is 0 Å². The van der Waals surface area contributed by atoms with E-state index in [0.717, 1.165) is 44.5 Å². The van der Waals surface area contributed by atoms with Gasteiger partial charge in [-0.1, -0.05) is 25.3 Å². The van der Waals surface area contributed by atoms with Gasteiger partial charge in [-0.2, -0.15) is 0 Å². The minimum Gasteiger partial charge on any atom is -0.469 e. The van der Waals surface area contributed by atoms with Crippen LogP contribution in [0.1, 0.15) is 56.1 Å². The van der Waals surface area contributed by atoms with Crippen molar-refractivity contribution in [1.29, 1.82) is 0 Å². The molecule has 1 saturated carbocycles. The molecule has 2 aliphatic heterocycles. The fraction of sp³-hybridized carbons (Fsp3) is 0.667. The van der Waals surface area contributed by atoms with Gasteiger partial charge in [0.1, 0.15) is 0 Å². The Balaban J connectivity index is 0.00000272. The Morgan fingerprint density at radius 1 is 1.10 bits per heavy atom. The lowest BCUT2D eigenvalue weighted by atomic mass is 9.94. The second kappa shape index (κ2) is 10.7. The number of carbonyl (C=O) groups excluding carboxylic acids is 2. The highest BCUT2D eigenvalue weighted by Crippen LogP contribution is 2.34. The normalized spacial score (nSPS) is 22.6. The predicted molar refractivity (Wildman–Crippen MR) is 125 cm³/mol. The fourth-order valence-electron chi connectivity index (χ4n) is 5.28. The molecule has 172 valence electrons. The molecule has 2 amide bonds. The molecular formula is C24H36ClN3O3. The number of hydrogen-bond donors (Lipinski definition) is 0. The van der Waals surface area contributed by atoms with Crippen LogP contribution in [0.2, 0.25) is 0 Å². The van der Waals surface area contributed by atoms with Gasteiger partial charge >= 0.3 is 12.0 Å². The third-order valence-electron chi connectivity index (χ3n) is 7.14. The standard InChI is InChI=1S/C24H35N3O3.ClH/c1-25-14-12-18-8-9-21(16-19(18)13-15-25)27-22(10-11-23(28)30-2)17-26(24(27)29)20-6-4-3-5-7-20;/h8-9,16,20,22H,3-7,10-15,17H2,1-2H3;1H. The van der Waals surface area contributed by atoms with Crippen LogP contribution in [-0.4, -0.2) is 67.7 Å². The minimum absolute atomic E-state index is 0. The number of likely N-dealkylation sites (N-methyl/N-ethyl adjacent to an activating group) is 1. The highest BCUT2D eigenvalue weighted by Gasteiger charge is 2.41. The topological polar surface area (TPSA) is 53.1 Å². The first-order valence-electron chi connectivity index (χ1n) is 11.5. The molecular weight excluding hydrogens is 414 g/mol. The van der Waals surface area contributed by atoms with Crippen molar-refractivity contribution in [2.75, 3.05) is 38.7 Å². The maximum absolute atomic E-state index is 13.5. The molecule has 31 heavy (non-hydrogen) atoms. The summed E-state index contributed by atoms with van der Waals surface area (Å²) < 4.78 is 4.86. The zero-order chi connectivity index (χ0) is 21.1. The molecule has 7 heteroatoms. The van der Waals surface area contributed by atoms with Crippen LogP contribution in [0, 0.1) is 0 Å². The van der Waals surface area contributed by atoms with Crippen LogP contribution in [0.3, 0.4) is 0 Å². The van der Waals surface area contributed by atoms with E-state index in [1.165, 1.54) is 37.5 Å².